The number of benzene rings is 1. The molecule has 0 aliphatic heterocycles. The fourth-order valence-corrected chi connectivity index (χ4v) is 1.32. The summed E-state index contributed by atoms with van der Waals surface area (Å²) in [5.41, 5.74) is -1.13. The van der Waals surface area contributed by atoms with Crippen LogP contribution in [-0.2, 0) is 4.79 Å². The minimum absolute atomic E-state index is 0.0343. The van der Waals surface area contributed by atoms with Crippen molar-refractivity contribution in [2.45, 2.75) is 18.9 Å². The van der Waals surface area contributed by atoms with Crippen LogP contribution in [0, 0.1) is 11.6 Å². The Hall–Kier alpha value is -1.69. The molecule has 0 aliphatic carbocycles. The van der Waals surface area contributed by atoms with Gasteiger partial charge in [0.15, 0.2) is 0 Å². The van der Waals surface area contributed by atoms with Gasteiger partial charge in [-0.2, -0.15) is 0 Å². The SMILES string of the molecule is CNC(C)(CCOc1cc(F)cc(F)c1)C(=O)O. The number of carboxylic acids is 1. The Bertz CT molecular complexity index is 419. The summed E-state index contributed by atoms with van der Waals surface area (Å²) >= 11 is 0. The van der Waals surface area contributed by atoms with Crippen LogP contribution in [0.15, 0.2) is 18.2 Å². The van der Waals surface area contributed by atoms with E-state index in [1.54, 1.807) is 0 Å². The van der Waals surface area contributed by atoms with Crippen molar-refractivity contribution >= 4 is 5.97 Å². The number of carbonyl (C=O) groups is 1. The molecular formula is C12H15F2NO3. The summed E-state index contributed by atoms with van der Waals surface area (Å²) in [6, 6.07) is 2.82. The van der Waals surface area contributed by atoms with Gasteiger partial charge in [0, 0.05) is 24.6 Å². The number of hydrogen-bond donors (Lipinski definition) is 2. The first-order valence-electron chi connectivity index (χ1n) is 5.38. The van der Waals surface area contributed by atoms with Crippen molar-refractivity contribution in [1.29, 1.82) is 0 Å². The second kappa shape index (κ2) is 5.77. The van der Waals surface area contributed by atoms with Crippen LogP contribution in [0.4, 0.5) is 8.78 Å². The van der Waals surface area contributed by atoms with E-state index in [0.717, 1.165) is 18.2 Å². The smallest absolute Gasteiger partial charge is 0.323 e. The Morgan fingerprint density at radius 1 is 1.39 bits per heavy atom. The second-order valence-corrected chi connectivity index (χ2v) is 4.09. The van der Waals surface area contributed by atoms with Crippen molar-refractivity contribution < 1.29 is 23.4 Å². The highest BCUT2D eigenvalue weighted by atomic mass is 19.1. The van der Waals surface area contributed by atoms with E-state index < -0.39 is 23.1 Å². The molecule has 6 heteroatoms. The van der Waals surface area contributed by atoms with E-state index >= 15 is 0 Å². The number of likely N-dealkylation sites (N-methyl/N-ethyl adjacent to an activating group) is 1. The molecular weight excluding hydrogens is 244 g/mol. The third-order valence-electron chi connectivity index (χ3n) is 2.73. The van der Waals surface area contributed by atoms with Gasteiger partial charge in [0.05, 0.1) is 6.61 Å². The zero-order valence-electron chi connectivity index (χ0n) is 10.2. The number of rotatable bonds is 6. The molecule has 1 rings (SSSR count). The lowest BCUT2D eigenvalue weighted by Gasteiger charge is -2.23. The van der Waals surface area contributed by atoms with Crippen molar-refractivity contribution in [3.05, 3.63) is 29.8 Å². The summed E-state index contributed by atoms with van der Waals surface area (Å²) in [5.74, 6) is -2.45. The van der Waals surface area contributed by atoms with Crippen LogP contribution in [0.5, 0.6) is 5.75 Å². The maximum atomic E-state index is 12.9. The molecule has 0 aromatic heterocycles. The average molecular weight is 259 g/mol. The molecule has 0 aliphatic rings. The zero-order chi connectivity index (χ0) is 13.8. The molecule has 4 nitrogen and oxygen atoms in total. The van der Waals surface area contributed by atoms with Crippen molar-refractivity contribution in [3.8, 4) is 5.75 Å². The predicted octanol–water partition coefficient (Wildman–Crippen LogP) is 1.80. The first-order chi connectivity index (χ1) is 8.37. The fourth-order valence-electron chi connectivity index (χ4n) is 1.32. The van der Waals surface area contributed by atoms with Gasteiger partial charge in [0.2, 0.25) is 0 Å². The van der Waals surface area contributed by atoms with Gasteiger partial charge in [0.25, 0.3) is 0 Å². The van der Waals surface area contributed by atoms with E-state index in [1.807, 2.05) is 0 Å². The lowest BCUT2D eigenvalue weighted by molar-refractivity contribution is -0.144. The molecule has 0 fully saturated rings. The Kier molecular flexibility index (Phi) is 4.61. The molecule has 0 bridgehead atoms. The number of halogens is 2. The van der Waals surface area contributed by atoms with Gasteiger partial charge >= 0.3 is 5.97 Å². The van der Waals surface area contributed by atoms with Crippen LogP contribution in [0.1, 0.15) is 13.3 Å². The van der Waals surface area contributed by atoms with Gasteiger partial charge in [-0.3, -0.25) is 4.79 Å². The predicted molar refractivity (Wildman–Crippen MR) is 61.6 cm³/mol. The summed E-state index contributed by atoms with van der Waals surface area (Å²) in [6.07, 6.45) is 0.164. The molecule has 1 aromatic rings. The molecule has 0 radical (unpaired) electrons. The van der Waals surface area contributed by atoms with Crippen LogP contribution in [0.3, 0.4) is 0 Å². The Balaban J connectivity index is 2.58. The van der Waals surface area contributed by atoms with Gasteiger partial charge < -0.3 is 15.2 Å². The Morgan fingerprint density at radius 2 is 1.94 bits per heavy atom. The highest BCUT2D eigenvalue weighted by molar-refractivity contribution is 5.78. The molecule has 0 saturated heterocycles. The fraction of sp³-hybridized carbons (Fsp3) is 0.417. The number of aliphatic carboxylic acids is 1. The third-order valence-corrected chi connectivity index (χ3v) is 2.73. The van der Waals surface area contributed by atoms with Crippen LogP contribution in [0.2, 0.25) is 0 Å². The lowest BCUT2D eigenvalue weighted by Crippen LogP contribution is -2.48. The van der Waals surface area contributed by atoms with Crippen molar-refractivity contribution in [1.82, 2.24) is 5.32 Å². The first-order valence-corrected chi connectivity index (χ1v) is 5.38. The second-order valence-electron chi connectivity index (χ2n) is 4.09. The largest absolute Gasteiger partial charge is 0.493 e. The number of hydrogen-bond acceptors (Lipinski definition) is 3. The van der Waals surface area contributed by atoms with Crippen molar-refractivity contribution in [2.75, 3.05) is 13.7 Å². The van der Waals surface area contributed by atoms with Crippen molar-refractivity contribution in [3.63, 3.8) is 0 Å². The van der Waals surface area contributed by atoms with E-state index in [-0.39, 0.29) is 18.8 Å². The topological polar surface area (TPSA) is 58.6 Å². The monoisotopic (exact) mass is 259 g/mol. The molecule has 18 heavy (non-hydrogen) atoms. The average Bonchev–Trinajstić information content (AvgIpc) is 2.27. The maximum absolute atomic E-state index is 12.9. The molecule has 1 aromatic carbocycles. The first kappa shape index (κ1) is 14.4. The van der Waals surface area contributed by atoms with Gasteiger partial charge in [0.1, 0.15) is 22.9 Å². The number of carboxylic acid groups (broad SMARTS) is 1. The molecule has 0 saturated carbocycles. The van der Waals surface area contributed by atoms with Crippen molar-refractivity contribution in [2.24, 2.45) is 0 Å². The van der Waals surface area contributed by atoms with Gasteiger partial charge in [-0.15, -0.1) is 0 Å². The molecule has 0 spiro atoms. The summed E-state index contributed by atoms with van der Waals surface area (Å²) in [6.45, 7) is 1.54. The van der Waals surface area contributed by atoms with E-state index in [1.165, 1.54) is 14.0 Å². The summed E-state index contributed by atoms with van der Waals surface area (Å²) in [7, 11) is 1.52. The van der Waals surface area contributed by atoms with Crippen LogP contribution in [0.25, 0.3) is 0 Å². The maximum Gasteiger partial charge on any atom is 0.323 e. The number of ether oxygens (including phenoxy) is 1. The zero-order valence-corrected chi connectivity index (χ0v) is 10.2. The molecule has 1 atom stereocenters. The minimum atomic E-state index is -1.13. The highest BCUT2D eigenvalue weighted by Gasteiger charge is 2.30. The van der Waals surface area contributed by atoms with Crippen LogP contribution < -0.4 is 10.1 Å². The quantitative estimate of drug-likeness (QED) is 0.817. The highest BCUT2D eigenvalue weighted by Crippen LogP contribution is 2.17. The van der Waals surface area contributed by atoms with Gasteiger partial charge in [-0.05, 0) is 14.0 Å². The molecule has 100 valence electrons. The Labute approximate surface area is 104 Å². The van der Waals surface area contributed by atoms with E-state index in [4.69, 9.17) is 9.84 Å². The van der Waals surface area contributed by atoms with Crippen LogP contribution >= 0.6 is 0 Å². The van der Waals surface area contributed by atoms with Crippen LogP contribution in [-0.4, -0.2) is 30.3 Å². The Morgan fingerprint density at radius 3 is 2.39 bits per heavy atom. The molecule has 0 amide bonds. The standard InChI is InChI=1S/C12H15F2NO3/c1-12(15-2,11(16)17)3-4-18-10-6-8(13)5-9(14)7-10/h5-7,15H,3-4H2,1-2H3,(H,16,17). The normalized spacial score (nSPS) is 14.0. The lowest BCUT2D eigenvalue weighted by atomic mass is 9.99. The third kappa shape index (κ3) is 3.66. The van der Waals surface area contributed by atoms with E-state index in [0.29, 0.717) is 0 Å². The number of nitrogens with one attached hydrogen (secondary N) is 1. The van der Waals surface area contributed by atoms with E-state index in [2.05, 4.69) is 5.32 Å². The minimum Gasteiger partial charge on any atom is -0.493 e. The summed E-state index contributed by atoms with van der Waals surface area (Å²) in [4.78, 5) is 11.0. The molecule has 2 N–H and O–H groups in total. The van der Waals surface area contributed by atoms with Gasteiger partial charge in [-0.25, -0.2) is 8.78 Å². The molecule has 1 unspecified atom stereocenters. The summed E-state index contributed by atoms with van der Waals surface area (Å²) < 4.78 is 30.8. The van der Waals surface area contributed by atoms with E-state index in [9.17, 15) is 13.6 Å². The summed E-state index contributed by atoms with van der Waals surface area (Å²) in [5, 5.41) is 11.6. The molecule has 0 heterocycles. The van der Waals surface area contributed by atoms with Gasteiger partial charge in [-0.1, -0.05) is 0 Å².